The predicted molar refractivity (Wildman–Crippen MR) is 115 cm³/mol. The molecule has 0 aliphatic heterocycles. The zero-order chi connectivity index (χ0) is 22.7. The second kappa shape index (κ2) is 8.83. The summed E-state index contributed by atoms with van der Waals surface area (Å²) in [5.41, 5.74) is 0.182. The van der Waals surface area contributed by atoms with Gasteiger partial charge in [-0.25, -0.2) is 12.8 Å². The van der Waals surface area contributed by atoms with E-state index in [9.17, 15) is 22.4 Å². The Morgan fingerprint density at radius 3 is 2.13 bits per heavy atom. The number of nitrogens with one attached hydrogen (secondary N) is 2. The number of benzene rings is 2. The Labute approximate surface area is 176 Å². The molecule has 9 heteroatoms. The van der Waals surface area contributed by atoms with Crippen LogP contribution in [0.5, 0.6) is 0 Å². The Hall–Kier alpha value is -2.94. The lowest BCUT2D eigenvalue weighted by Crippen LogP contribution is -2.45. The Balaban J connectivity index is 2.32. The van der Waals surface area contributed by atoms with Gasteiger partial charge in [0.15, 0.2) is 0 Å². The van der Waals surface area contributed by atoms with Gasteiger partial charge in [-0.2, -0.15) is 0 Å². The zero-order valence-electron chi connectivity index (χ0n) is 17.6. The molecular weight excluding hydrogens is 409 g/mol. The van der Waals surface area contributed by atoms with Crippen LogP contribution >= 0.6 is 0 Å². The van der Waals surface area contributed by atoms with Gasteiger partial charge in [0.05, 0.1) is 23.2 Å². The van der Waals surface area contributed by atoms with E-state index in [-0.39, 0.29) is 22.8 Å². The maximum absolute atomic E-state index is 13.2. The van der Waals surface area contributed by atoms with Crippen LogP contribution in [0.4, 0.5) is 15.8 Å². The van der Waals surface area contributed by atoms with Crippen molar-refractivity contribution >= 4 is 33.2 Å². The molecule has 0 aromatic heterocycles. The van der Waals surface area contributed by atoms with Crippen molar-refractivity contribution in [2.24, 2.45) is 0 Å². The molecule has 162 valence electrons. The smallest absolute Gasteiger partial charge is 0.253 e. The number of rotatable bonds is 6. The molecule has 2 aromatic carbocycles. The first-order chi connectivity index (χ1) is 13.8. The van der Waals surface area contributed by atoms with Crippen LogP contribution in [0.25, 0.3) is 0 Å². The van der Waals surface area contributed by atoms with Crippen molar-refractivity contribution in [3.8, 4) is 0 Å². The molecule has 30 heavy (non-hydrogen) atoms. The first kappa shape index (κ1) is 23.3. The standard InChI is InChI=1S/C21H26FN3O4S/c1-14(25(30(5,28)29)16-12-10-15(22)11-13-16)19(26)23-18-9-7-6-8-17(18)20(27)24-21(2,3)4/h6-14H,1-5H3,(H,23,26)(H,24,27)/t14-/m1/s1. The van der Waals surface area contributed by atoms with E-state index in [1.807, 2.05) is 20.8 Å². The molecule has 7 nitrogen and oxygen atoms in total. The lowest BCUT2D eigenvalue weighted by atomic mass is 10.1. The highest BCUT2D eigenvalue weighted by atomic mass is 32.2. The highest BCUT2D eigenvalue weighted by Gasteiger charge is 2.30. The largest absolute Gasteiger partial charge is 0.347 e. The fourth-order valence-electron chi connectivity index (χ4n) is 2.83. The molecule has 2 aromatic rings. The molecule has 0 bridgehead atoms. The second-order valence-corrected chi connectivity index (χ2v) is 9.81. The van der Waals surface area contributed by atoms with Gasteiger partial charge in [-0.05, 0) is 64.1 Å². The van der Waals surface area contributed by atoms with E-state index in [0.29, 0.717) is 0 Å². The summed E-state index contributed by atoms with van der Waals surface area (Å²) < 4.78 is 38.8. The quantitative estimate of drug-likeness (QED) is 0.729. The highest BCUT2D eigenvalue weighted by molar-refractivity contribution is 7.92. The molecule has 2 rings (SSSR count). The van der Waals surface area contributed by atoms with Gasteiger partial charge >= 0.3 is 0 Å². The van der Waals surface area contributed by atoms with Gasteiger partial charge in [-0.3, -0.25) is 13.9 Å². The number of carbonyl (C=O) groups excluding carboxylic acids is 2. The van der Waals surface area contributed by atoms with Crippen molar-refractivity contribution < 1.29 is 22.4 Å². The molecule has 0 fully saturated rings. The number of para-hydroxylation sites is 1. The SMILES string of the molecule is C[C@H](C(=O)Nc1ccccc1C(=O)NC(C)(C)C)N(c1ccc(F)cc1)S(C)(=O)=O. The normalized spacial score (nSPS) is 12.7. The number of halogens is 1. The van der Waals surface area contributed by atoms with E-state index in [1.54, 1.807) is 24.3 Å². The molecule has 0 unspecified atom stereocenters. The third kappa shape index (κ3) is 6.03. The average molecular weight is 436 g/mol. The summed E-state index contributed by atoms with van der Waals surface area (Å²) in [6.07, 6.45) is 0.963. The van der Waals surface area contributed by atoms with Gasteiger partial charge < -0.3 is 10.6 Å². The summed E-state index contributed by atoms with van der Waals surface area (Å²) in [5, 5.41) is 5.46. The monoisotopic (exact) mass is 435 g/mol. The summed E-state index contributed by atoms with van der Waals surface area (Å²) >= 11 is 0. The minimum absolute atomic E-state index is 0.153. The average Bonchev–Trinajstić information content (AvgIpc) is 2.61. The molecule has 1 atom stereocenters. The molecule has 0 aliphatic carbocycles. The molecule has 2 N–H and O–H groups in total. The Bertz CT molecular complexity index is 1030. The first-order valence-corrected chi connectivity index (χ1v) is 11.1. The fraction of sp³-hybridized carbons (Fsp3) is 0.333. The Morgan fingerprint density at radius 1 is 1.03 bits per heavy atom. The van der Waals surface area contributed by atoms with E-state index >= 15 is 0 Å². The maximum Gasteiger partial charge on any atom is 0.253 e. The van der Waals surface area contributed by atoms with Crippen LogP contribution in [0.2, 0.25) is 0 Å². The molecular formula is C21H26FN3O4S. The number of anilines is 2. The highest BCUT2D eigenvalue weighted by Crippen LogP contribution is 2.23. The van der Waals surface area contributed by atoms with Crippen molar-refractivity contribution in [1.82, 2.24) is 5.32 Å². The summed E-state index contributed by atoms with van der Waals surface area (Å²) in [7, 11) is -3.85. The van der Waals surface area contributed by atoms with E-state index in [0.717, 1.165) is 22.7 Å². The van der Waals surface area contributed by atoms with Crippen LogP contribution in [0.15, 0.2) is 48.5 Å². The van der Waals surface area contributed by atoms with Gasteiger partial charge in [0, 0.05) is 5.54 Å². The number of nitrogens with zero attached hydrogens (tertiary/aromatic N) is 1. The van der Waals surface area contributed by atoms with E-state index < -0.39 is 33.3 Å². The number of amides is 2. The van der Waals surface area contributed by atoms with Crippen molar-refractivity contribution in [3.05, 3.63) is 59.9 Å². The molecule has 0 saturated carbocycles. The number of hydrogen-bond donors (Lipinski definition) is 2. The van der Waals surface area contributed by atoms with E-state index in [1.165, 1.54) is 19.1 Å². The van der Waals surface area contributed by atoms with Gasteiger partial charge in [0.2, 0.25) is 15.9 Å². The third-order valence-electron chi connectivity index (χ3n) is 4.09. The molecule has 0 radical (unpaired) electrons. The molecule has 0 heterocycles. The zero-order valence-corrected chi connectivity index (χ0v) is 18.4. The molecule has 2 amide bonds. The van der Waals surface area contributed by atoms with Crippen LogP contribution in [0, 0.1) is 5.82 Å². The Kier molecular flexibility index (Phi) is 6.87. The number of sulfonamides is 1. The van der Waals surface area contributed by atoms with Crippen LogP contribution in [0.1, 0.15) is 38.1 Å². The van der Waals surface area contributed by atoms with Gasteiger partial charge in [-0.1, -0.05) is 12.1 Å². The first-order valence-electron chi connectivity index (χ1n) is 9.27. The van der Waals surface area contributed by atoms with Crippen molar-refractivity contribution in [2.75, 3.05) is 15.9 Å². The summed E-state index contributed by atoms with van der Waals surface area (Å²) in [5.74, 6) is -1.53. The molecule has 0 spiro atoms. The van der Waals surface area contributed by atoms with Crippen molar-refractivity contribution in [2.45, 2.75) is 39.3 Å². The summed E-state index contributed by atoms with van der Waals surface area (Å²) in [6, 6.07) is 10.1. The van der Waals surface area contributed by atoms with Crippen molar-refractivity contribution in [1.29, 1.82) is 0 Å². The maximum atomic E-state index is 13.2. The Morgan fingerprint density at radius 2 is 1.60 bits per heavy atom. The van der Waals surface area contributed by atoms with Gasteiger partial charge in [0.25, 0.3) is 5.91 Å². The molecule has 0 saturated heterocycles. The summed E-state index contributed by atoms with van der Waals surface area (Å²) in [6.45, 7) is 6.92. The third-order valence-corrected chi connectivity index (χ3v) is 5.33. The van der Waals surface area contributed by atoms with Crippen LogP contribution < -0.4 is 14.9 Å². The van der Waals surface area contributed by atoms with Gasteiger partial charge in [0.1, 0.15) is 11.9 Å². The van der Waals surface area contributed by atoms with E-state index in [2.05, 4.69) is 10.6 Å². The minimum Gasteiger partial charge on any atom is -0.347 e. The lowest BCUT2D eigenvalue weighted by Gasteiger charge is -2.28. The van der Waals surface area contributed by atoms with E-state index in [4.69, 9.17) is 0 Å². The fourth-order valence-corrected chi connectivity index (χ4v) is 4.01. The number of carbonyl (C=O) groups is 2. The second-order valence-electron chi connectivity index (χ2n) is 7.95. The van der Waals surface area contributed by atoms with Crippen molar-refractivity contribution in [3.63, 3.8) is 0 Å². The van der Waals surface area contributed by atoms with Crippen LogP contribution in [-0.4, -0.2) is 38.1 Å². The van der Waals surface area contributed by atoms with Gasteiger partial charge in [-0.15, -0.1) is 0 Å². The van der Waals surface area contributed by atoms with Crippen LogP contribution in [0.3, 0.4) is 0 Å². The molecule has 0 aliphatic rings. The topological polar surface area (TPSA) is 95.6 Å². The lowest BCUT2D eigenvalue weighted by molar-refractivity contribution is -0.116. The predicted octanol–water partition coefficient (Wildman–Crippen LogP) is 3.15. The minimum atomic E-state index is -3.85. The number of hydrogen-bond acceptors (Lipinski definition) is 4. The summed E-state index contributed by atoms with van der Waals surface area (Å²) in [4.78, 5) is 25.5. The van der Waals surface area contributed by atoms with Crippen LogP contribution in [-0.2, 0) is 14.8 Å².